The number of likely N-dealkylation sites (tertiary alicyclic amines) is 1. The third kappa shape index (κ3) is 5.07. The number of amides is 1. The highest BCUT2D eigenvalue weighted by Gasteiger charge is 2.26. The number of likely N-dealkylation sites (N-methyl/N-ethyl adjacent to an activating group) is 1. The second-order valence-corrected chi connectivity index (χ2v) is 9.06. The predicted octanol–water partition coefficient (Wildman–Crippen LogP) is 2.66. The van der Waals surface area contributed by atoms with Gasteiger partial charge in [-0.1, -0.05) is 6.07 Å². The van der Waals surface area contributed by atoms with Gasteiger partial charge in [0.25, 0.3) is 15.9 Å². The molecule has 3 rings (SSSR count). The van der Waals surface area contributed by atoms with Gasteiger partial charge < -0.3 is 14.5 Å². The van der Waals surface area contributed by atoms with Crippen molar-refractivity contribution in [1.29, 1.82) is 0 Å². The van der Waals surface area contributed by atoms with Crippen LogP contribution in [0.15, 0.2) is 53.4 Å². The summed E-state index contributed by atoms with van der Waals surface area (Å²) < 4.78 is 33.2. The number of nitrogens with zero attached hydrogens (tertiary/aromatic N) is 2. The number of ether oxygens (including phenoxy) is 1. The van der Waals surface area contributed by atoms with Crippen LogP contribution in [0, 0.1) is 0 Å². The summed E-state index contributed by atoms with van der Waals surface area (Å²) in [6, 6.07) is 13.1. The Hall–Kier alpha value is -2.58. The molecule has 1 aliphatic rings. The summed E-state index contributed by atoms with van der Waals surface area (Å²) in [6.07, 6.45) is 1.99. The molecule has 0 radical (unpaired) electrons. The fourth-order valence-electron chi connectivity index (χ4n) is 3.41. The van der Waals surface area contributed by atoms with Crippen molar-refractivity contribution in [3.8, 4) is 5.75 Å². The van der Waals surface area contributed by atoms with E-state index in [1.807, 2.05) is 14.1 Å². The zero-order chi connectivity index (χ0) is 21.0. The molecular weight excluding hydrogens is 390 g/mol. The second-order valence-electron chi connectivity index (χ2n) is 7.37. The van der Waals surface area contributed by atoms with Crippen LogP contribution >= 0.6 is 0 Å². The summed E-state index contributed by atoms with van der Waals surface area (Å²) in [7, 11) is 1.75. The summed E-state index contributed by atoms with van der Waals surface area (Å²) in [6.45, 7) is 1.33. The first kappa shape index (κ1) is 21.1. The second kappa shape index (κ2) is 8.84. The van der Waals surface area contributed by atoms with Crippen molar-refractivity contribution in [1.82, 2.24) is 9.80 Å². The lowest BCUT2D eigenvalue weighted by atomic mass is 10.0. The van der Waals surface area contributed by atoms with E-state index in [-0.39, 0.29) is 10.8 Å². The molecule has 1 N–H and O–H groups in total. The molecule has 1 aliphatic heterocycles. The molecule has 0 bridgehead atoms. The average Bonchev–Trinajstić information content (AvgIpc) is 2.73. The molecule has 1 saturated heterocycles. The minimum atomic E-state index is -3.81. The summed E-state index contributed by atoms with van der Waals surface area (Å²) in [4.78, 5) is 16.9. The van der Waals surface area contributed by atoms with Crippen LogP contribution in [0.5, 0.6) is 5.75 Å². The quantitative estimate of drug-likeness (QED) is 0.782. The Kier molecular flexibility index (Phi) is 6.44. The number of carbonyl (C=O) groups excluding carboxylic acids is 1. The first-order chi connectivity index (χ1) is 13.8. The summed E-state index contributed by atoms with van der Waals surface area (Å²) in [5.74, 6) is 0.496. The number of nitrogens with one attached hydrogen (secondary N) is 1. The van der Waals surface area contributed by atoms with Crippen LogP contribution in [0.25, 0.3) is 0 Å². The van der Waals surface area contributed by atoms with Crippen LogP contribution < -0.4 is 9.46 Å². The monoisotopic (exact) mass is 417 g/mol. The zero-order valence-electron chi connectivity index (χ0n) is 17.0. The van der Waals surface area contributed by atoms with Crippen molar-refractivity contribution >= 4 is 21.6 Å². The Bertz CT molecular complexity index is 958. The molecule has 29 heavy (non-hydrogen) atoms. The van der Waals surface area contributed by atoms with Gasteiger partial charge in [-0.2, -0.15) is 0 Å². The van der Waals surface area contributed by atoms with Crippen LogP contribution in [-0.4, -0.2) is 64.5 Å². The number of rotatable bonds is 6. The normalized spacial score (nSPS) is 17.2. The molecule has 2 aromatic rings. The van der Waals surface area contributed by atoms with Gasteiger partial charge in [0.15, 0.2) is 0 Å². The van der Waals surface area contributed by atoms with Crippen molar-refractivity contribution in [2.75, 3.05) is 39.0 Å². The molecule has 1 amide bonds. The molecule has 1 unspecified atom stereocenters. The molecule has 7 nitrogen and oxygen atoms in total. The lowest BCUT2D eigenvalue weighted by molar-refractivity contribution is 0.0635. The fourth-order valence-corrected chi connectivity index (χ4v) is 4.52. The maximum absolute atomic E-state index is 13.0. The van der Waals surface area contributed by atoms with Gasteiger partial charge in [0, 0.05) is 30.4 Å². The number of benzene rings is 2. The number of piperidine rings is 1. The molecule has 1 fully saturated rings. The smallest absolute Gasteiger partial charge is 0.261 e. The van der Waals surface area contributed by atoms with Crippen molar-refractivity contribution < 1.29 is 17.9 Å². The minimum absolute atomic E-state index is 0.0559. The molecule has 156 valence electrons. The van der Waals surface area contributed by atoms with Crippen LogP contribution in [0.3, 0.4) is 0 Å². The van der Waals surface area contributed by atoms with E-state index in [1.54, 1.807) is 48.4 Å². The summed E-state index contributed by atoms with van der Waals surface area (Å²) in [5.41, 5.74) is 0.800. The lowest BCUT2D eigenvalue weighted by Crippen LogP contribution is -2.47. The van der Waals surface area contributed by atoms with E-state index in [4.69, 9.17) is 4.74 Å². The van der Waals surface area contributed by atoms with E-state index in [9.17, 15) is 13.2 Å². The average molecular weight is 418 g/mol. The van der Waals surface area contributed by atoms with E-state index in [1.165, 1.54) is 12.1 Å². The van der Waals surface area contributed by atoms with Gasteiger partial charge in [0.2, 0.25) is 0 Å². The molecule has 1 heterocycles. The lowest BCUT2D eigenvalue weighted by Gasteiger charge is -2.36. The number of hydrogen-bond donors (Lipinski definition) is 1. The molecular formula is C21H27N3O4S. The van der Waals surface area contributed by atoms with Gasteiger partial charge in [0.05, 0.1) is 12.0 Å². The highest BCUT2D eigenvalue weighted by Crippen LogP contribution is 2.22. The molecule has 0 saturated carbocycles. The van der Waals surface area contributed by atoms with E-state index in [2.05, 4.69) is 9.62 Å². The van der Waals surface area contributed by atoms with Crippen molar-refractivity contribution in [3.63, 3.8) is 0 Å². The third-order valence-electron chi connectivity index (χ3n) is 5.15. The van der Waals surface area contributed by atoms with E-state index in [0.29, 0.717) is 36.1 Å². The Balaban J connectivity index is 1.77. The maximum Gasteiger partial charge on any atom is 0.261 e. The Morgan fingerprint density at radius 2 is 1.90 bits per heavy atom. The minimum Gasteiger partial charge on any atom is -0.497 e. The number of hydrogen-bond acceptors (Lipinski definition) is 5. The Morgan fingerprint density at radius 1 is 1.17 bits per heavy atom. The van der Waals surface area contributed by atoms with Crippen molar-refractivity contribution in [2.45, 2.75) is 23.8 Å². The predicted molar refractivity (Wildman–Crippen MR) is 113 cm³/mol. The van der Waals surface area contributed by atoms with Crippen molar-refractivity contribution in [2.24, 2.45) is 0 Å². The number of sulfonamides is 1. The molecule has 2 aromatic carbocycles. The molecule has 1 atom stereocenters. The molecule has 0 aliphatic carbocycles. The number of anilines is 1. The van der Waals surface area contributed by atoms with Crippen molar-refractivity contribution in [3.05, 3.63) is 54.1 Å². The van der Waals surface area contributed by atoms with E-state index in [0.717, 1.165) is 12.8 Å². The topological polar surface area (TPSA) is 78.9 Å². The van der Waals surface area contributed by atoms with Gasteiger partial charge in [-0.3, -0.25) is 9.52 Å². The number of carbonyl (C=O) groups is 1. The standard InChI is InChI=1S/C21H27N3O4S/c1-23(2)18-7-5-13-24(15-18)21(25)16-6-4-8-20(14-16)29(26,27)22-17-9-11-19(28-3)12-10-17/h4,6,8-12,14,18,22H,5,7,13,15H2,1-3H3. The van der Waals surface area contributed by atoms with Crippen LogP contribution in [0.1, 0.15) is 23.2 Å². The Labute approximate surface area is 172 Å². The zero-order valence-corrected chi connectivity index (χ0v) is 17.8. The summed E-state index contributed by atoms with van der Waals surface area (Å²) in [5, 5.41) is 0. The van der Waals surface area contributed by atoms with E-state index < -0.39 is 10.0 Å². The first-order valence-electron chi connectivity index (χ1n) is 9.53. The van der Waals surface area contributed by atoms with Crippen LogP contribution in [0.4, 0.5) is 5.69 Å². The third-order valence-corrected chi connectivity index (χ3v) is 6.53. The highest BCUT2D eigenvalue weighted by atomic mass is 32.2. The SMILES string of the molecule is COc1ccc(NS(=O)(=O)c2cccc(C(=O)N3CCCC(N(C)C)C3)c2)cc1. The van der Waals surface area contributed by atoms with Crippen LogP contribution in [-0.2, 0) is 10.0 Å². The number of methoxy groups -OCH3 is 1. The molecule has 0 aromatic heterocycles. The molecule has 8 heteroatoms. The van der Waals surface area contributed by atoms with Crippen LogP contribution in [0.2, 0.25) is 0 Å². The maximum atomic E-state index is 13.0. The van der Waals surface area contributed by atoms with Gasteiger partial charge in [0.1, 0.15) is 5.75 Å². The van der Waals surface area contributed by atoms with Gasteiger partial charge >= 0.3 is 0 Å². The van der Waals surface area contributed by atoms with E-state index >= 15 is 0 Å². The Morgan fingerprint density at radius 3 is 2.55 bits per heavy atom. The van der Waals surface area contributed by atoms with Gasteiger partial charge in [-0.25, -0.2) is 8.42 Å². The fraction of sp³-hybridized carbons (Fsp3) is 0.381. The van der Waals surface area contributed by atoms with Gasteiger partial charge in [-0.15, -0.1) is 0 Å². The molecule has 0 spiro atoms. The van der Waals surface area contributed by atoms with Gasteiger partial charge in [-0.05, 0) is 69.4 Å². The largest absolute Gasteiger partial charge is 0.497 e. The highest BCUT2D eigenvalue weighted by molar-refractivity contribution is 7.92. The summed E-state index contributed by atoms with van der Waals surface area (Å²) >= 11 is 0. The first-order valence-corrected chi connectivity index (χ1v) is 11.0.